The lowest BCUT2D eigenvalue weighted by Crippen LogP contribution is -2.53. The van der Waals surface area contributed by atoms with Crippen molar-refractivity contribution in [2.75, 3.05) is 13.2 Å². The summed E-state index contributed by atoms with van der Waals surface area (Å²) in [6, 6.07) is 5.50. The van der Waals surface area contributed by atoms with Crippen LogP contribution < -0.4 is 0 Å². The summed E-state index contributed by atoms with van der Waals surface area (Å²) in [7, 11) is 0. The first-order valence-electron chi connectivity index (χ1n) is 7.27. The largest absolute Gasteiger partial charge is 0.360 e. The molecule has 1 aromatic rings. The van der Waals surface area contributed by atoms with Gasteiger partial charge in [0.2, 0.25) is 5.79 Å². The molecule has 7 heteroatoms. The van der Waals surface area contributed by atoms with E-state index >= 15 is 0 Å². The van der Waals surface area contributed by atoms with Gasteiger partial charge in [0.25, 0.3) is 5.69 Å². The number of nitro benzene ring substituents is 1. The minimum atomic E-state index is -1.52. The number of hydrogen-bond donors (Lipinski definition) is 1. The van der Waals surface area contributed by atoms with Gasteiger partial charge in [-0.3, -0.25) is 15.0 Å². The average Bonchev–Trinajstić information content (AvgIpc) is 3.01. The molecule has 2 heterocycles. The number of hydroxylamine groups is 2. The molecule has 0 spiro atoms. The Kier molecular flexibility index (Phi) is 3.48. The van der Waals surface area contributed by atoms with Gasteiger partial charge in [0.1, 0.15) is 6.04 Å². The Morgan fingerprint density at radius 1 is 1.32 bits per heavy atom. The van der Waals surface area contributed by atoms with Gasteiger partial charge in [-0.1, -0.05) is 0 Å². The highest BCUT2D eigenvalue weighted by atomic mass is 16.7. The molecule has 7 nitrogen and oxygen atoms in total. The maximum absolute atomic E-state index is 11.1. The molecule has 0 bridgehead atoms. The van der Waals surface area contributed by atoms with Crippen molar-refractivity contribution in [2.24, 2.45) is 5.92 Å². The van der Waals surface area contributed by atoms with Gasteiger partial charge in [-0.25, -0.2) is 0 Å². The lowest BCUT2D eigenvalue weighted by atomic mass is 9.90. The first-order valence-corrected chi connectivity index (χ1v) is 7.27. The van der Waals surface area contributed by atoms with Crippen molar-refractivity contribution in [3.63, 3.8) is 0 Å². The van der Waals surface area contributed by atoms with Crippen LogP contribution in [0.4, 0.5) is 5.69 Å². The van der Waals surface area contributed by atoms with E-state index in [1.165, 1.54) is 12.1 Å². The Hall–Kier alpha value is -1.54. The van der Waals surface area contributed by atoms with Crippen molar-refractivity contribution in [1.29, 1.82) is 0 Å². The summed E-state index contributed by atoms with van der Waals surface area (Å²) in [6.07, 6.45) is 0. The third-order valence-corrected chi connectivity index (χ3v) is 4.20. The number of fused-ring (bicyclic) bond motifs is 1. The Labute approximate surface area is 128 Å². The van der Waals surface area contributed by atoms with Crippen molar-refractivity contribution >= 4 is 5.69 Å². The molecule has 2 saturated heterocycles. The molecular weight excluding hydrogens is 288 g/mol. The van der Waals surface area contributed by atoms with Crippen molar-refractivity contribution in [2.45, 2.75) is 38.1 Å². The van der Waals surface area contributed by atoms with Crippen LogP contribution in [0.25, 0.3) is 0 Å². The van der Waals surface area contributed by atoms with Crippen LogP contribution in [0.1, 0.15) is 26.3 Å². The van der Waals surface area contributed by atoms with Gasteiger partial charge in [-0.2, -0.15) is 5.06 Å². The fourth-order valence-electron chi connectivity index (χ4n) is 3.16. The molecule has 0 amide bonds. The number of aliphatic hydroxyl groups is 1. The summed E-state index contributed by atoms with van der Waals surface area (Å²) in [4.78, 5) is 16.0. The predicted molar refractivity (Wildman–Crippen MR) is 77.8 cm³/mol. The Morgan fingerprint density at radius 3 is 2.50 bits per heavy atom. The molecule has 1 aromatic carbocycles. The molecular formula is C15H20N2O5. The summed E-state index contributed by atoms with van der Waals surface area (Å²) < 4.78 is 5.68. The average molecular weight is 308 g/mol. The number of non-ortho nitro benzene ring substituents is 1. The molecule has 22 heavy (non-hydrogen) atoms. The molecule has 2 fully saturated rings. The zero-order valence-corrected chi connectivity index (χ0v) is 12.9. The molecule has 2 aliphatic rings. The SMILES string of the molecule is CC(C)(C)N1OC[C@@H]2CO[C@](O)(c3ccc([N+](=O)[O-])cc3)[C@@H]21. The summed E-state index contributed by atoms with van der Waals surface area (Å²) in [5, 5.41) is 23.6. The lowest BCUT2D eigenvalue weighted by Gasteiger charge is -2.40. The van der Waals surface area contributed by atoms with Crippen LogP contribution >= 0.6 is 0 Å². The molecule has 3 rings (SSSR count). The summed E-state index contributed by atoms with van der Waals surface area (Å²) >= 11 is 0. The molecule has 0 aromatic heterocycles. The zero-order valence-electron chi connectivity index (χ0n) is 12.9. The van der Waals surface area contributed by atoms with Crippen LogP contribution in [-0.2, 0) is 15.4 Å². The van der Waals surface area contributed by atoms with E-state index in [4.69, 9.17) is 9.57 Å². The number of rotatable bonds is 2. The van der Waals surface area contributed by atoms with Crippen LogP contribution in [0.3, 0.4) is 0 Å². The first-order chi connectivity index (χ1) is 10.2. The predicted octanol–water partition coefficient (Wildman–Crippen LogP) is 1.80. The second kappa shape index (κ2) is 4.99. The topological polar surface area (TPSA) is 85.1 Å². The minimum Gasteiger partial charge on any atom is -0.360 e. The van der Waals surface area contributed by atoms with E-state index in [1.54, 1.807) is 17.2 Å². The van der Waals surface area contributed by atoms with Gasteiger partial charge in [-0.15, -0.1) is 0 Å². The van der Waals surface area contributed by atoms with Gasteiger partial charge >= 0.3 is 0 Å². The maximum Gasteiger partial charge on any atom is 0.269 e. The molecule has 0 aliphatic carbocycles. The maximum atomic E-state index is 11.1. The molecule has 120 valence electrons. The third kappa shape index (κ3) is 2.30. The van der Waals surface area contributed by atoms with Crippen LogP contribution in [0.15, 0.2) is 24.3 Å². The van der Waals surface area contributed by atoms with Crippen LogP contribution in [0, 0.1) is 16.0 Å². The van der Waals surface area contributed by atoms with Crippen LogP contribution in [0.5, 0.6) is 0 Å². The standard InChI is InChI=1S/C15H20N2O5/c1-14(2,3)16-13-10(9-22-16)8-21-15(13,18)11-4-6-12(7-5-11)17(19)20/h4-7,10,13,18H,8-9H2,1-3H3/t10-,13+,15+/m0/s1. The van der Waals surface area contributed by atoms with Crippen molar-refractivity contribution < 1.29 is 19.6 Å². The second-order valence-electron chi connectivity index (χ2n) is 6.81. The highest BCUT2D eigenvalue weighted by molar-refractivity contribution is 5.36. The van der Waals surface area contributed by atoms with Gasteiger partial charge in [0.05, 0.1) is 18.1 Å². The quantitative estimate of drug-likeness (QED) is 0.662. The number of benzene rings is 1. The van der Waals surface area contributed by atoms with E-state index < -0.39 is 10.7 Å². The number of hydrogen-bond acceptors (Lipinski definition) is 6. The summed E-state index contributed by atoms with van der Waals surface area (Å²) in [5.41, 5.74) is 0.199. The molecule has 3 atom stereocenters. The minimum absolute atomic E-state index is 0.0164. The van der Waals surface area contributed by atoms with E-state index in [0.717, 1.165) is 0 Å². The van der Waals surface area contributed by atoms with Gasteiger partial charge < -0.3 is 9.84 Å². The van der Waals surface area contributed by atoms with E-state index in [1.807, 2.05) is 20.8 Å². The van der Waals surface area contributed by atoms with Gasteiger partial charge in [0, 0.05) is 29.2 Å². The van der Waals surface area contributed by atoms with E-state index in [-0.39, 0.29) is 23.2 Å². The number of nitrogens with zero attached hydrogens (tertiary/aromatic N) is 2. The number of nitro groups is 1. The van der Waals surface area contributed by atoms with E-state index in [0.29, 0.717) is 18.8 Å². The third-order valence-electron chi connectivity index (χ3n) is 4.20. The molecule has 2 aliphatic heterocycles. The summed E-state index contributed by atoms with van der Waals surface area (Å²) in [6.45, 7) is 6.90. The van der Waals surface area contributed by atoms with Crippen molar-refractivity contribution in [3.05, 3.63) is 39.9 Å². The van der Waals surface area contributed by atoms with Crippen LogP contribution in [-0.4, -0.2) is 39.9 Å². The highest BCUT2D eigenvalue weighted by Crippen LogP contribution is 2.46. The molecule has 0 saturated carbocycles. The fraction of sp³-hybridized carbons (Fsp3) is 0.600. The fourth-order valence-corrected chi connectivity index (χ4v) is 3.16. The molecule has 0 unspecified atom stereocenters. The Bertz CT molecular complexity index is 583. The summed E-state index contributed by atoms with van der Waals surface area (Å²) in [5.74, 6) is -1.46. The smallest absolute Gasteiger partial charge is 0.269 e. The molecule has 0 radical (unpaired) electrons. The van der Waals surface area contributed by atoms with Gasteiger partial charge in [0.15, 0.2) is 0 Å². The first kappa shape index (κ1) is 15.4. The Morgan fingerprint density at radius 2 is 1.95 bits per heavy atom. The van der Waals surface area contributed by atoms with Crippen LogP contribution in [0.2, 0.25) is 0 Å². The highest BCUT2D eigenvalue weighted by Gasteiger charge is 2.59. The van der Waals surface area contributed by atoms with Gasteiger partial charge in [-0.05, 0) is 32.9 Å². The van der Waals surface area contributed by atoms with Crippen molar-refractivity contribution in [1.82, 2.24) is 5.06 Å². The normalized spacial score (nSPS) is 32.2. The van der Waals surface area contributed by atoms with E-state index in [9.17, 15) is 15.2 Å². The van der Waals surface area contributed by atoms with Crippen molar-refractivity contribution in [3.8, 4) is 0 Å². The Balaban J connectivity index is 1.96. The monoisotopic (exact) mass is 308 g/mol. The lowest BCUT2D eigenvalue weighted by molar-refractivity contribution is -0.384. The second-order valence-corrected chi connectivity index (χ2v) is 6.81. The molecule has 1 N–H and O–H groups in total. The number of ether oxygens (including phenoxy) is 1. The van der Waals surface area contributed by atoms with E-state index in [2.05, 4.69) is 0 Å². The zero-order chi connectivity index (χ0) is 16.1.